The van der Waals surface area contributed by atoms with Crippen LogP contribution in [0.25, 0.3) is 0 Å². The van der Waals surface area contributed by atoms with Gasteiger partial charge in [-0.25, -0.2) is 17.6 Å². The van der Waals surface area contributed by atoms with Crippen molar-refractivity contribution in [3.05, 3.63) is 88.2 Å². The Labute approximate surface area is 198 Å². The third kappa shape index (κ3) is 5.79. The maximum atomic E-state index is 13.5. The summed E-state index contributed by atoms with van der Waals surface area (Å²) in [5.41, 5.74) is 3.55. The average Bonchev–Trinajstić information content (AvgIpc) is 2.76. The molecule has 2 N–H and O–H groups in total. The van der Waals surface area contributed by atoms with E-state index < -0.39 is 34.3 Å². The normalized spacial score (nSPS) is 11.1. The second kappa shape index (κ2) is 10.0. The molecular weight excluding hydrogens is 459 g/mol. The van der Waals surface area contributed by atoms with Gasteiger partial charge in [0.05, 0.1) is 16.1 Å². The summed E-state index contributed by atoms with van der Waals surface area (Å²) in [6.07, 6.45) is 0. The molecule has 0 aromatic heterocycles. The van der Waals surface area contributed by atoms with Gasteiger partial charge in [-0.2, -0.15) is 0 Å². The molecule has 3 aromatic rings. The van der Waals surface area contributed by atoms with Crippen molar-refractivity contribution in [3.63, 3.8) is 0 Å². The number of ether oxygens (including phenoxy) is 1. The molecule has 0 saturated heterocycles. The van der Waals surface area contributed by atoms with E-state index in [1.54, 1.807) is 6.07 Å². The number of carbonyl (C=O) groups is 2. The minimum atomic E-state index is -4.10. The summed E-state index contributed by atoms with van der Waals surface area (Å²) in [5, 5.41) is 2.74. The fourth-order valence-corrected chi connectivity index (χ4v) is 4.66. The highest BCUT2D eigenvalue weighted by Crippen LogP contribution is 2.23. The van der Waals surface area contributed by atoms with Gasteiger partial charge in [-0.15, -0.1) is 0 Å². The van der Waals surface area contributed by atoms with Gasteiger partial charge in [0.15, 0.2) is 6.61 Å². The lowest BCUT2D eigenvalue weighted by Crippen LogP contribution is -2.23. The van der Waals surface area contributed by atoms with Crippen LogP contribution in [0.1, 0.15) is 32.6 Å². The lowest BCUT2D eigenvalue weighted by Gasteiger charge is -2.14. The maximum Gasteiger partial charge on any atom is 0.340 e. The van der Waals surface area contributed by atoms with Crippen LogP contribution in [-0.4, -0.2) is 26.9 Å². The lowest BCUT2D eigenvalue weighted by molar-refractivity contribution is -0.119. The van der Waals surface area contributed by atoms with Crippen molar-refractivity contribution in [2.24, 2.45) is 0 Å². The smallest absolute Gasteiger partial charge is 0.340 e. The molecule has 3 aromatic carbocycles. The molecular formula is C25H25FN2O5S. The molecule has 7 nitrogen and oxygen atoms in total. The maximum absolute atomic E-state index is 13.5. The zero-order valence-electron chi connectivity index (χ0n) is 19.2. The fraction of sp³-hybridized carbons (Fsp3) is 0.200. The molecule has 3 rings (SSSR count). The molecule has 0 bridgehead atoms. The van der Waals surface area contributed by atoms with Gasteiger partial charge in [-0.3, -0.25) is 9.52 Å². The summed E-state index contributed by atoms with van der Waals surface area (Å²) in [6, 6.07) is 13.1. The van der Waals surface area contributed by atoms with Crippen LogP contribution in [0.15, 0.2) is 59.5 Å². The average molecular weight is 485 g/mol. The summed E-state index contributed by atoms with van der Waals surface area (Å²) >= 11 is 0. The number of hydrogen-bond donors (Lipinski definition) is 2. The number of anilines is 2. The van der Waals surface area contributed by atoms with Gasteiger partial charge < -0.3 is 10.1 Å². The van der Waals surface area contributed by atoms with Crippen LogP contribution < -0.4 is 10.0 Å². The van der Waals surface area contributed by atoms with E-state index in [0.29, 0.717) is 5.69 Å². The first-order valence-corrected chi connectivity index (χ1v) is 11.9. The minimum absolute atomic E-state index is 0.0277. The van der Waals surface area contributed by atoms with Crippen LogP contribution in [0.4, 0.5) is 15.8 Å². The van der Waals surface area contributed by atoms with Crippen LogP contribution in [0.3, 0.4) is 0 Å². The van der Waals surface area contributed by atoms with E-state index in [0.717, 1.165) is 28.8 Å². The van der Waals surface area contributed by atoms with E-state index in [9.17, 15) is 22.4 Å². The number of carbonyl (C=O) groups excluding carboxylic acids is 2. The van der Waals surface area contributed by atoms with E-state index >= 15 is 0 Å². The summed E-state index contributed by atoms with van der Waals surface area (Å²) in [4.78, 5) is 24.8. The van der Waals surface area contributed by atoms with Gasteiger partial charge in [-0.1, -0.05) is 29.8 Å². The number of esters is 1. The highest BCUT2D eigenvalue weighted by molar-refractivity contribution is 7.92. The van der Waals surface area contributed by atoms with Crippen molar-refractivity contribution in [2.75, 3.05) is 16.6 Å². The molecule has 0 unspecified atom stereocenters. The number of rotatable bonds is 7. The molecule has 0 saturated carbocycles. The quantitative estimate of drug-likeness (QED) is 0.475. The third-order valence-electron chi connectivity index (χ3n) is 5.11. The van der Waals surface area contributed by atoms with Crippen molar-refractivity contribution < 1.29 is 27.1 Å². The van der Waals surface area contributed by atoms with Crippen LogP contribution in [0, 0.1) is 33.5 Å². The van der Waals surface area contributed by atoms with Crippen molar-refractivity contribution >= 4 is 33.3 Å². The lowest BCUT2D eigenvalue weighted by atomic mass is 10.1. The molecule has 0 atom stereocenters. The molecule has 0 aliphatic carbocycles. The highest BCUT2D eigenvalue weighted by atomic mass is 32.2. The number of para-hydroxylation sites is 1. The number of hydrogen-bond acceptors (Lipinski definition) is 5. The second-order valence-electron chi connectivity index (χ2n) is 7.96. The summed E-state index contributed by atoms with van der Waals surface area (Å²) in [5.74, 6) is -1.93. The Morgan fingerprint density at radius 2 is 1.56 bits per heavy atom. The largest absolute Gasteiger partial charge is 0.452 e. The Morgan fingerprint density at radius 1 is 0.912 bits per heavy atom. The van der Waals surface area contributed by atoms with Gasteiger partial charge in [0.2, 0.25) is 0 Å². The number of sulfonamides is 1. The molecule has 0 spiro atoms. The fourth-order valence-electron chi connectivity index (χ4n) is 3.50. The van der Waals surface area contributed by atoms with Crippen LogP contribution in [-0.2, 0) is 19.6 Å². The zero-order chi connectivity index (χ0) is 25.0. The van der Waals surface area contributed by atoms with Crippen LogP contribution in [0.2, 0.25) is 0 Å². The molecule has 1 amide bonds. The summed E-state index contributed by atoms with van der Waals surface area (Å²) in [6.45, 7) is 6.59. The Hall–Kier alpha value is -3.72. The van der Waals surface area contributed by atoms with Crippen molar-refractivity contribution in [1.29, 1.82) is 0 Å². The molecule has 34 heavy (non-hydrogen) atoms. The minimum Gasteiger partial charge on any atom is -0.452 e. The van der Waals surface area contributed by atoms with Gasteiger partial charge >= 0.3 is 5.97 Å². The number of amides is 1. The van der Waals surface area contributed by atoms with Crippen molar-refractivity contribution in [1.82, 2.24) is 0 Å². The monoisotopic (exact) mass is 484 g/mol. The number of nitrogens with one attached hydrogen (secondary N) is 2. The summed E-state index contributed by atoms with van der Waals surface area (Å²) < 4.78 is 46.5. The van der Waals surface area contributed by atoms with Gasteiger partial charge in [0.1, 0.15) is 5.82 Å². The predicted octanol–water partition coefficient (Wildman–Crippen LogP) is 4.66. The molecule has 0 heterocycles. The highest BCUT2D eigenvalue weighted by Gasteiger charge is 2.21. The van der Waals surface area contributed by atoms with E-state index in [1.807, 2.05) is 32.9 Å². The Kier molecular flexibility index (Phi) is 7.36. The Bertz CT molecular complexity index is 1350. The van der Waals surface area contributed by atoms with Gasteiger partial charge in [0.25, 0.3) is 15.9 Å². The topological polar surface area (TPSA) is 102 Å². The number of halogens is 1. The van der Waals surface area contributed by atoms with E-state index in [2.05, 4.69) is 10.0 Å². The molecule has 9 heteroatoms. The number of benzene rings is 3. The first-order chi connectivity index (χ1) is 16.0. The van der Waals surface area contributed by atoms with E-state index in [-0.39, 0.29) is 21.7 Å². The molecule has 0 fully saturated rings. The third-order valence-corrected chi connectivity index (χ3v) is 6.47. The van der Waals surface area contributed by atoms with Crippen LogP contribution >= 0.6 is 0 Å². The van der Waals surface area contributed by atoms with Crippen molar-refractivity contribution in [3.8, 4) is 0 Å². The summed E-state index contributed by atoms with van der Waals surface area (Å²) in [7, 11) is -4.10. The standard InChI is InChI=1S/C25H25FN2O5S/c1-15-11-17(3)24(18(4)12-15)27-23(29)14-33-25(30)20-7-5-6-8-22(20)28-34(31,32)19-9-10-21(26)16(2)13-19/h5-13,28H,14H2,1-4H3,(H,27,29). The SMILES string of the molecule is Cc1cc(C)c(NC(=O)COC(=O)c2ccccc2NS(=O)(=O)c2ccc(F)c(C)c2)c(C)c1. The van der Waals surface area contributed by atoms with Gasteiger partial charge in [-0.05, 0) is 74.7 Å². The zero-order valence-corrected chi connectivity index (χ0v) is 20.0. The van der Waals surface area contributed by atoms with E-state index in [4.69, 9.17) is 4.74 Å². The number of aryl methyl sites for hydroxylation is 4. The van der Waals surface area contributed by atoms with E-state index in [1.165, 1.54) is 31.2 Å². The molecule has 0 aliphatic heterocycles. The van der Waals surface area contributed by atoms with Gasteiger partial charge in [0, 0.05) is 5.69 Å². The predicted molar refractivity (Wildman–Crippen MR) is 128 cm³/mol. The molecule has 0 radical (unpaired) electrons. The molecule has 178 valence electrons. The van der Waals surface area contributed by atoms with Crippen molar-refractivity contribution in [2.45, 2.75) is 32.6 Å². The Morgan fingerprint density at radius 3 is 2.21 bits per heavy atom. The first kappa shape index (κ1) is 24.9. The Balaban J connectivity index is 1.72. The first-order valence-electron chi connectivity index (χ1n) is 10.4. The second-order valence-corrected chi connectivity index (χ2v) is 9.64. The van der Waals surface area contributed by atoms with Crippen LogP contribution in [0.5, 0.6) is 0 Å². The molecule has 0 aliphatic rings.